The lowest BCUT2D eigenvalue weighted by Crippen LogP contribution is -2.44. The van der Waals surface area contributed by atoms with E-state index in [0.717, 1.165) is 25.9 Å². The van der Waals surface area contributed by atoms with Crippen LogP contribution in [0.1, 0.15) is 39.0 Å². The van der Waals surface area contributed by atoms with E-state index < -0.39 is 10.8 Å². The first-order chi connectivity index (χ1) is 7.20. The van der Waals surface area contributed by atoms with Gasteiger partial charge in [-0.05, 0) is 26.2 Å². The second-order valence-corrected chi connectivity index (χ2v) is 6.59. The molecule has 4 heteroatoms. The summed E-state index contributed by atoms with van der Waals surface area (Å²) in [6.07, 6.45) is 5.56. The van der Waals surface area contributed by atoms with Crippen LogP contribution < -0.4 is 5.73 Å². The molecular weight excluding hydrogens is 210 g/mol. The smallest absolute Gasteiger partial charge is 0.0691 e. The maximum absolute atomic E-state index is 12.4. The van der Waals surface area contributed by atoms with Crippen LogP contribution in [-0.4, -0.2) is 33.5 Å². The second kappa shape index (κ2) is 4.93. The Hall–Kier alpha value is 0.0700. The second-order valence-electron chi connectivity index (χ2n) is 4.72. The van der Waals surface area contributed by atoms with Crippen LogP contribution in [0.2, 0.25) is 0 Å². The zero-order valence-electron chi connectivity index (χ0n) is 9.35. The Balaban J connectivity index is 1.99. The lowest BCUT2D eigenvalue weighted by molar-refractivity contribution is 0.126. The highest BCUT2D eigenvalue weighted by Gasteiger charge is 2.36. The van der Waals surface area contributed by atoms with Crippen molar-refractivity contribution in [3.8, 4) is 0 Å². The fourth-order valence-corrected chi connectivity index (χ4v) is 4.77. The Bertz CT molecular complexity index is 247. The third kappa shape index (κ3) is 2.43. The first kappa shape index (κ1) is 11.6. The SMILES string of the molecule is CC1OCCC1S(=O)C1CCCCC1N. The van der Waals surface area contributed by atoms with Crippen molar-refractivity contribution >= 4 is 10.8 Å². The van der Waals surface area contributed by atoms with E-state index in [0.29, 0.717) is 0 Å². The van der Waals surface area contributed by atoms with Gasteiger partial charge >= 0.3 is 0 Å². The highest BCUT2D eigenvalue weighted by molar-refractivity contribution is 7.86. The highest BCUT2D eigenvalue weighted by Crippen LogP contribution is 2.28. The normalized spacial score (nSPS) is 44.1. The molecule has 3 nitrogen and oxygen atoms in total. The van der Waals surface area contributed by atoms with Crippen LogP contribution in [-0.2, 0) is 15.5 Å². The highest BCUT2D eigenvalue weighted by atomic mass is 32.2. The Morgan fingerprint density at radius 1 is 1.20 bits per heavy atom. The zero-order valence-corrected chi connectivity index (χ0v) is 10.2. The summed E-state index contributed by atoms with van der Waals surface area (Å²) in [4.78, 5) is 0. The molecule has 5 unspecified atom stereocenters. The van der Waals surface area contributed by atoms with E-state index in [1.54, 1.807) is 0 Å². The predicted octanol–water partition coefficient (Wildman–Crippen LogP) is 1.18. The minimum absolute atomic E-state index is 0.146. The molecule has 2 aliphatic rings. The standard InChI is InChI=1S/C11H21NO2S/c1-8-10(6-7-14-8)15(13)11-5-3-2-4-9(11)12/h8-11H,2-7,12H2,1H3. The number of hydrogen-bond donors (Lipinski definition) is 1. The minimum atomic E-state index is -0.792. The van der Waals surface area contributed by atoms with Crippen LogP contribution >= 0.6 is 0 Å². The van der Waals surface area contributed by atoms with Crippen LogP contribution in [0, 0.1) is 0 Å². The third-order valence-corrected chi connectivity index (χ3v) is 6.05. The van der Waals surface area contributed by atoms with E-state index in [4.69, 9.17) is 10.5 Å². The Labute approximate surface area is 94.2 Å². The van der Waals surface area contributed by atoms with Crippen molar-refractivity contribution in [3.05, 3.63) is 0 Å². The van der Waals surface area contributed by atoms with Crippen LogP contribution in [0.3, 0.4) is 0 Å². The van der Waals surface area contributed by atoms with Gasteiger partial charge in [-0.25, -0.2) is 0 Å². The summed E-state index contributed by atoms with van der Waals surface area (Å²) in [5.74, 6) is 0. The molecule has 88 valence electrons. The maximum atomic E-state index is 12.4. The average molecular weight is 231 g/mol. The average Bonchev–Trinajstić information content (AvgIpc) is 2.64. The van der Waals surface area contributed by atoms with Crippen molar-refractivity contribution < 1.29 is 8.95 Å². The minimum Gasteiger partial charge on any atom is -0.377 e. The third-order valence-electron chi connectivity index (χ3n) is 3.66. The number of nitrogens with two attached hydrogens (primary N) is 1. The predicted molar refractivity (Wildman–Crippen MR) is 62.2 cm³/mol. The summed E-state index contributed by atoms with van der Waals surface area (Å²) >= 11 is 0. The van der Waals surface area contributed by atoms with Crippen molar-refractivity contribution in [1.29, 1.82) is 0 Å². The molecule has 0 aromatic rings. The Morgan fingerprint density at radius 3 is 2.53 bits per heavy atom. The van der Waals surface area contributed by atoms with Gasteiger partial charge < -0.3 is 10.5 Å². The molecule has 0 bridgehead atoms. The van der Waals surface area contributed by atoms with Gasteiger partial charge in [-0.1, -0.05) is 12.8 Å². The summed E-state index contributed by atoms with van der Waals surface area (Å²) in [5.41, 5.74) is 6.06. The fraction of sp³-hybridized carbons (Fsp3) is 1.00. The van der Waals surface area contributed by atoms with Crippen LogP contribution in [0.25, 0.3) is 0 Å². The van der Waals surface area contributed by atoms with E-state index in [2.05, 4.69) is 0 Å². The van der Waals surface area contributed by atoms with E-state index in [1.165, 1.54) is 12.8 Å². The van der Waals surface area contributed by atoms with Crippen molar-refractivity contribution in [2.24, 2.45) is 5.73 Å². The molecule has 15 heavy (non-hydrogen) atoms. The lowest BCUT2D eigenvalue weighted by atomic mass is 9.96. The molecule has 1 saturated heterocycles. The molecule has 5 atom stereocenters. The van der Waals surface area contributed by atoms with E-state index in [1.807, 2.05) is 6.92 Å². The monoisotopic (exact) mass is 231 g/mol. The zero-order chi connectivity index (χ0) is 10.8. The molecule has 1 aliphatic heterocycles. The summed E-state index contributed by atoms with van der Waals surface area (Å²) < 4.78 is 17.9. The molecule has 0 amide bonds. The molecule has 0 aromatic carbocycles. The van der Waals surface area contributed by atoms with Gasteiger partial charge in [0.15, 0.2) is 0 Å². The van der Waals surface area contributed by atoms with Crippen molar-refractivity contribution in [1.82, 2.24) is 0 Å². The number of ether oxygens (including phenoxy) is 1. The molecule has 1 heterocycles. The summed E-state index contributed by atoms with van der Waals surface area (Å²) in [7, 11) is -0.792. The van der Waals surface area contributed by atoms with Gasteiger partial charge in [-0.2, -0.15) is 0 Å². The van der Waals surface area contributed by atoms with Crippen LogP contribution in [0.4, 0.5) is 0 Å². The summed E-state index contributed by atoms with van der Waals surface area (Å²) in [6.45, 7) is 2.80. The molecule has 2 N–H and O–H groups in total. The summed E-state index contributed by atoms with van der Waals surface area (Å²) in [5, 5.41) is 0.437. The van der Waals surface area contributed by atoms with Gasteiger partial charge in [0.25, 0.3) is 0 Å². The number of hydrogen-bond acceptors (Lipinski definition) is 3. The molecular formula is C11H21NO2S. The van der Waals surface area contributed by atoms with E-state index >= 15 is 0 Å². The summed E-state index contributed by atoms with van der Waals surface area (Å²) in [6, 6.07) is 0.146. The van der Waals surface area contributed by atoms with Gasteiger partial charge in [-0.3, -0.25) is 4.21 Å². The fourth-order valence-electron chi connectivity index (χ4n) is 2.66. The van der Waals surface area contributed by atoms with Gasteiger partial charge in [-0.15, -0.1) is 0 Å². The lowest BCUT2D eigenvalue weighted by Gasteiger charge is -2.30. The topological polar surface area (TPSA) is 52.3 Å². The van der Waals surface area contributed by atoms with E-state index in [-0.39, 0.29) is 22.6 Å². The van der Waals surface area contributed by atoms with Crippen molar-refractivity contribution in [2.45, 2.75) is 61.7 Å². The molecule has 0 spiro atoms. The molecule has 2 rings (SSSR count). The quantitative estimate of drug-likeness (QED) is 0.776. The largest absolute Gasteiger partial charge is 0.377 e. The maximum Gasteiger partial charge on any atom is 0.0691 e. The molecule has 0 aromatic heterocycles. The first-order valence-corrected chi connectivity index (χ1v) is 7.24. The van der Waals surface area contributed by atoms with Crippen molar-refractivity contribution in [3.63, 3.8) is 0 Å². The Kier molecular flexibility index (Phi) is 3.80. The number of rotatable bonds is 2. The molecule has 1 aliphatic carbocycles. The molecule has 2 fully saturated rings. The molecule has 0 radical (unpaired) electrons. The van der Waals surface area contributed by atoms with Gasteiger partial charge in [0.2, 0.25) is 0 Å². The first-order valence-electron chi connectivity index (χ1n) is 5.96. The van der Waals surface area contributed by atoms with Crippen molar-refractivity contribution in [2.75, 3.05) is 6.61 Å². The van der Waals surface area contributed by atoms with Gasteiger partial charge in [0, 0.05) is 23.4 Å². The van der Waals surface area contributed by atoms with Crippen LogP contribution in [0.5, 0.6) is 0 Å². The van der Waals surface area contributed by atoms with E-state index in [9.17, 15) is 4.21 Å². The van der Waals surface area contributed by atoms with Gasteiger partial charge in [0.05, 0.1) is 16.6 Å². The van der Waals surface area contributed by atoms with Crippen LogP contribution in [0.15, 0.2) is 0 Å². The Morgan fingerprint density at radius 2 is 1.93 bits per heavy atom. The van der Waals surface area contributed by atoms with Gasteiger partial charge in [0.1, 0.15) is 0 Å². The molecule has 1 saturated carbocycles.